The van der Waals surface area contributed by atoms with Crippen molar-refractivity contribution in [2.24, 2.45) is 11.8 Å². The number of hydrogen-bond acceptors (Lipinski definition) is 8. The second-order valence-electron chi connectivity index (χ2n) is 8.64. The number of aromatic nitrogens is 1. The molecule has 3 heterocycles. The number of anilines is 1. The Balaban J connectivity index is 1.68. The SMILES string of the molecule is COc1cc(C2C3=C(OC4CCC(C)CC4C3=O)C(=O)N2c2nccs2)cc(OC)c1OC. The molecule has 0 radical (unpaired) electrons. The molecule has 5 rings (SSSR count). The lowest BCUT2D eigenvalue weighted by molar-refractivity contribution is -0.132. The van der Waals surface area contributed by atoms with E-state index < -0.39 is 6.04 Å². The number of benzene rings is 1. The van der Waals surface area contributed by atoms with Crippen LogP contribution in [0.25, 0.3) is 0 Å². The zero-order chi connectivity index (χ0) is 23.3. The molecule has 9 heteroatoms. The number of carbonyl (C=O) groups is 2. The first kappa shape index (κ1) is 21.8. The summed E-state index contributed by atoms with van der Waals surface area (Å²) in [6, 6.07) is 2.86. The first-order chi connectivity index (χ1) is 16.0. The molecule has 4 unspecified atom stereocenters. The van der Waals surface area contributed by atoms with E-state index in [1.54, 1.807) is 28.6 Å². The van der Waals surface area contributed by atoms with E-state index in [-0.39, 0.29) is 29.5 Å². The molecule has 2 aromatic rings. The molecule has 33 heavy (non-hydrogen) atoms. The van der Waals surface area contributed by atoms with E-state index in [9.17, 15) is 9.59 Å². The van der Waals surface area contributed by atoms with Crippen LogP contribution in [0.1, 0.15) is 37.8 Å². The highest BCUT2D eigenvalue weighted by molar-refractivity contribution is 7.13. The first-order valence-corrected chi connectivity index (χ1v) is 11.8. The fourth-order valence-corrected chi connectivity index (χ4v) is 5.85. The molecule has 8 nitrogen and oxygen atoms in total. The fraction of sp³-hybridized carbons (Fsp3) is 0.458. The number of amides is 1. The van der Waals surface area contributed by atoms with Crippen molar-refractivity contribution in [3.05, 3.63) is 40.6 Å². The van der Waals surface area contributed by atoms with Gasteiger partial charge in [-0.1, -0.05) is 6.92 Å². The van der Waals surface area contributed by atoms with E-state index in [4.69, 9.17) is 18.9 Å². The lowest BCUT2D eigenvalue weighted by atomic mass is 9.74. The molecule has 0 spiro atoms. The quantitative estimate of drug-likeness (QED) is 0.655. The summed E-state index contributed by atoms with van der Waals surface area (Å²) < 4.78 is 22.8. The van der Waals surface area contributed by atoms with Crippen LogP contribution in [0.4, 0.5) is 5.13 Å². The summed E-state index contributed by atoms with van der Waals surface area (Å²) in [5.41, 5.74) is 1.05. The smallest absolute Gasteiger partial charge is 0.296 e. The lowest BCUT2D eigenvalue weighted by Crippen LogP contribution is -2.41. The van der Waals surface area contributed by atoms with E-state index in [2.05, 4.69) is 11.9 Å². The number of fused-ring (bicyclic) bond motifs is 1. The van der Waals surface area contributed by atoms with Crippen LogP contribution < -0.4 is 19.1 Å². The van der Waals surface area contributed by atoms with Gasteiger partial charge in [0.1, 0.15) is 6.10 Å². The summed E-state index contributed by atoms with van der Waals surface area (Å²) >= 11 is 1.34. The van der Waals surface area contributed by atoms with Crippen LogP contribution >= 0.6 is 11.3 Å². The van der Waals surface area contributed by atoms with Gasteiger partial charge in [0.2, 0.25) is 5.75 Å². The fourth-order valence-electron chi connectivity index (χ4n) is 5.18. The average molecular weight is 471 g/mol. The monoisotopic (exact) mass is 470 g/mol. The Hall–Kier alpha value is -3.07. The van der Waals surface area contributed by atoms with Crippen molar-refractivity contribution in [3.63, 3.8) is 0 Å². The van der Waals surface area contributed by atoms with Crippen LogP contribution in [0, 0.1) is 11.8 Å². The van der Waals surface area contributed by atoms with Crippen molar-refractivity contribution in [3.8, 4) is 17.2 Å². The molecule has 0 saturated heterocycles. The Morgan fingerprint density at radius 1 is 1.09 bits per heavy atom. The summed E-state index contributed by atoms with van der Waals surface area (Å²) in [6.45, 7) is 2.16. The van der Waals surface area contributed by atoms with Crippen molar-refractivity contribution in [2.75, 3.05) is 26.2 Å². The number of hydrogen-bond donors (Lipinski definition) is 0. The van der Waals surface area contributed by atoms with E-state index in [0.29, 0.717) is 39.4 Å². The molecule has 4 atom stereocenters. The maximum Gasteiger partial charge on any atom is 0.296 e. The van der Waals surface area contributed by atoms with Gasteiger partial charge in [-0.05, 0) is 42.9 Å². The van der Waals surface area contributed by atoms with E-state index in [0.717, 1.165) is 19.3 Å². The third kappa shape index (κ3) is 3.37. The van der Waals surface area contributed by atoms with Crippen molar-refractivity contribution in [1.82, 2.24) is 4.98 Å². The minimum Gasteiger partial charge on any atom is -0.493 e. The molecule has 1 aliphatic carbocycles. The number of carbonyl (C=O) groups excluding carboxylic acids is 2. The third-order valence-corrected chi connectivity index (χ3v) is 7.51. The Morgan fingerprint density at radius 3 is 2.42 bits per heavy atom. The molecule has 1 amide bonds. The number of nitrogens with zero attached hydrogens (tertiary/aromatic N) is 2. The van der Waals surface area contributed by atoms with Gasteiger partial charge in [0.25, 0.3) is 5.91 Å². The van der Waals surface area contributed by atoms with Crippen LogP contribution in [-0.4, -0.2) is 44.1 Å². The Morgan fingerprint density at radius 2 is 1.82 bits per heavy atom. The molecule has 1 aromatic heterocycles. The van der Waals surface area contributed by atoms with Crippen LogP contribution in [0.5, 0.6) is 17.2 Å². The average Bonchev–Trinajstić information content (AvgIpc) is 3.45. The molecular weight excluding hydrogens is 444 g/mol. The zero-order valence-electron chi connectivity index (χ0n) is 19.0. The van der Waals surface area contributed by atoms with Crippen molar-refractivity contribution in [1.29, 1.82) is 0 Å². The maximum absolute atomic E-state index is 13.8. The highest BCUT2D eigenvalue weighted by atomic mass is 32.1. The molecule has 0 bridgehead atoms. The summed E-state index contributed by atoms with van der Waals surface area (Å²) in [5.74, 6) is 1.30. The lowest BCUT2D eigenvalue weighted by Gasteiger charge is -2.37. The Bertz CT molecular complexity index is 1100. The van der Waals surface area contributed by atoms with Gasteiger partial charge in [0.05, 0.1) is 38.9 Å². The summed E-state index contributed by atoms with van der Waals surface area (Å²) in [5, 5.41) is 2.30. The number of rotatable bonds is 5. The number of Topliss-reactive ketones (excluding diaryl/α,β-unsaturated/α-hetero) is 1. The van der Waals surface area contributed by atoms with Crippen LogP contribution in [0.3, 0.4) is 0 Å². The molecular formula is C24H26N2O6S. The van der Waals surface area contributed by atoms with Gasteiger partial charge in [0.15, 0.2) is 28.2 Å². The molecule has 1 fully saturated rings. The van der Waals surface area contributed by atoms with Crippen LogP contribution in [-0.2, 0) is 14.3 Å². The number of thiazole rings is 1. The van der Waals surface area contributed by atoms with E-state index in [1.165, 1.54) is 32.7 Å². The van der Waals surface area contributed by atoms with Gasteiger partial charge < -0.3 is 18.9 Å². The number of ketones is 1. The maximum atomic E-state index is 13.8. The molecule has 3 aliphatic rings. The second-order valence-corrected chi connectivity index (χ2v) is 9.51. The molecule has 1 saturated carbocycles. The zero-order valence-corrected chi connectivity index (χ0v) is 19.8. The van der Waals surface area contributed by atoms with E-state index in [1.807, 2.05) is 0 Å². The van der Waals surface area contributed by atoms with Crippen molar-refractivity contribution in [2.45, 2.75) is 38.3 Å². The van der Waals surface area contributed by atoms with Gasteiger partial charge in [-0.2, -0.15) is 0 Å². The minimum absolute atomic E-state index is 0.0149. The molecule has 174 valence electrons. The number of ether oxygens (including phenoxy) is 4. The first-order valence-electron chi connectivity index (χ1n) is 11.0. The van der Waals surface area contributed by atoms with Gasteiger partial charge in [-0.25, -0.2) is 4.98 Å². The van der Waals surface area contributed by atoms with Crippen LogP contribution in [0.15, 0.2) is 35.0 Å². The minimum atomic E-state index is -0.696. The third-order valence-electron chi connectivity index (χ3n) is 6.74. The van der Waals surface area contributed by atoms with Crippen molar-refractivity contribution >= 4 is 28.2 Å². The predicted octanol–water partition coefficient (Wildman–Crippen LogP) is 3.92. The summed E-state index contributed by atoms with van der Waals surface area (Å²) in [4.78, 5) is 33.4. The normalized spacial score (nSPS) is 26.6. The largest absolute Gasteiger partial charge is 0.493 e. The number of methoxy groups -OCH3 is 3. The highest BCUT2D eigenvalue weighted by Crippen LogP contribution is 2.51. The molecule has 1 aromatic carbocycles. The predicted molar refractivity (Wildman–Crippen MR) is 122 cm³/mol. The van der Waals surface area contributed by atoms with Crippen molar-refractivity contribution < 1.29 is 28.5 Å². The van der Waals surface area contributed by atoms with Gasteiger partial charge in [-0.15, -0.1) is 11.3 Å². The second kappa shape index (κ2) is 8.37. The van der Waals surface area contributed by atoms with E-state index >= 15 is 0 Å². The summed E-state index contributed by atoms with van der Waals surface area (Å²) in [7, 11) is 4.60. The van der Waals surface area contributed by atoms with Crippen LogP contribution in [0.2, 0.25) is 0 Å². The summed E-state index contributed by atoms with van der Waals surface area (Å²) in [6.07, 6.45) is 3.90. The molecule has 2 aliphatic heterocycles. The Kier molecular flexibility index (Phi) is 5.52. The topological polar surface area (TPSA) is 87.2 Å². The van der Waals surface area contributed by atoms with Gasteiger partial charge in [-0.3, -0.25) is 14.5 Å². The standard InChI is InChI=1S/C24H26N2O6S/c1-12-5-6-15-14(9-12)20(27)18-19(13-10-16(29-2)21(31-4)17(11-13)30-3)26(23(28)22(18)32-15)24-25-7-8-33-24/h7-8,10-12,14-15,19H,5-6,9H2,1-4H3. The highest BCUT2D eigenvalue weighted by Gasteiger charge is 2.53. The van der Waals surface area contributed by atoms with Gasteiger partial charge in [0, 0.05) is 11.6 Å². The molecule has 0 N–H and O–H groups in total. The van der Waals surface area contributed by atoms with Gasteiger partial charge >= 0.3 is 0 Å². The Labute approximate surface area is 196 Å².